The molecule has 1 N–H and O–H groups in total. The summed E-state index contributed by atoms with van der Waals surface area (Å²) in [5, 5.41) is 3.02. The van der Waals surface area contributed by atoms with Crippen molar-refractivity contribution in [3.63, 3.8) is 0 Å². The minimum absolute atomic E-state index is 0.299. The molecular weight excluding hydrogens is 380 g/mol. The van der Waals surface area contributed by atoms with Crippen LogP contribution in [0.2, 0.25) is 0 Å². The topological polar surface area (TPSA) is 68.3 Å². The van der Waals surface area contributed by atoms with E-state index >= 15 is 0 Å². The number of carbonyl (C=O) groups excluding carboxylic acids is 2. The molecule has 0 fully saturated rings. The average Bonchev–Trinajstić information content (AvgIpc) is 2.87. The second kappa shape index (κ2) is 8.03. The van der Waals surface area contributed by atoms with Crippen molar-refractivity contribution in [2.45, 2.75) is 13.8 Å². The fourth-order valence-electron chi connectivity index (χ4n) is 1.73. The van der Waals surface area contributed by atoms with Crippen LogP contribution in [0, 0.1) is 6.92 Å². The summed E-state index contributed by atoms with van der Waals surface area (Å²) < 4.78 is 5.92. The molecule has 0 aliphatic rings. The van der Waals surface area contributed by atoms with E-state index in [4.69, 9.17) is 4.74 Å². The normalized spacial score (nSPS) is 10.7. The third-order valence-corrected chi connectivity index (χ3v) is 4.37. The molecular formula is C16H15BrN2O3S. The first-order chi connectivity index (χ1) is 11.0. The van der Waals surface area contributed by atoms with Crippen molar-refractivity contribution in [3.8, 4) is 0 Å². The molecule has 5 nitrogen and oxygen atoms in total. The Kier molecular flexibility index (Phi) is 6.06. The molecule has 0 atom stereocenters. The molecule has 0 saturated heterocycles. The minimum atomic E-state index is -0.423. The molecule has 7 heteroatoms. The summed E-state index contributed by atoms with van der Waals surface area (Å²) in [4.78, 5) is 28.2. The summed E-state index contributed by atoms with van der Waals surface area (Å²) in [5.74, 6) is -0.731. The van der Waals surface area contributed by atoms with Crippen molar-refractivity contribution in [2.75, 3.05) is 11.9 Å². The first kappa shape index (κ1) is 17.4. The van der Waals surface area contributed by atoms with E-state index in [0.29, 0.717) is 22.3 Å². The van der Waals surface area contributed by atoms with Crippen LogP contribution in [0.3, 0.4) is 0 Å². The van der Waals surface area contributed by atoms with Crippen LogP contribution < -0.4 is 5.32 Å². The van der Waals surface area contributed by atoms with E-state index in [-0.39, 0.29) is 5.91 Å². The molecule has 0 bridgehead atoms. The Labute approximate surface area is 146 Å². The lowest BCUT2D eigenvalue weighted by Gasteiger charge is -1.98. The maximum absolute atomic E-state index is 11.9. The van der Waals surface area contributed by atoms with E-state index in [1.54, 1.807) is 19.9 Å². The van der Waals surface area contributed by atoms with Crippen LogP contribution in [-0.2, 0) is 9.53 Å². The third-order valence-electron chi connectivity index (χ3n) is 2.78. The minimum Gasteiger partial charge on any atom is -0.462 e. The fraction of sp³-hybridized carbons (Fsp3) is 0.188. The van der Waals surface area contributed by atoms with Gasteiger partial charge in [-0.15, -0.1) is 0 Å². The van der Waals surface area contributed by atoms with Gasteiger partial charge in [0, 0.05) is 10.5 Å². The predicted molar refractivity (Wildman–Crippen MR) is 94.6 cm³/mol. The highest BCUT2D eigenvalue weighted by atomic mass is 79.9. The Morgan fingerprint density at radius 1 is 1.35 bits per heavy atom. The number of esters is 1. The number of benzene rings is 1. The number of ether oxygens (including phenoxy) is 1. The van der Waals surface area contributed by atoms with Crippen LogP contribution in [0.4, 0.5) is 5.13 Å². The number of halogens is 1. The molecule has 2 aromatic rings. The number of carbonyl (C=O) groups is 2. The lowest BCUT2D eigenvalue weighted by molar-refractivity contribution is -0.111. The number of thiazole rings is 1. The first-order valence-corrected chi connectivity index (χ1v) is 8.49. The smallest absolute Gasteiger partial charge is 0.350 e. The molecule has 2 rings (SSSR count). The quantitative estimate of drug-likeness (QED) is 0.613. The Hall–Kier alpha value is -1.99. The number of amides is 1. The summed E-state index contributed by atoms with van der Waals surface area (Å²) in [7, 11) is 0. The van der Waals surface area contributed by atoms with Crippen molar-refractivity contribution in [3.05, 3.63) is 50.9 Å². The van der Waals surface area contributed by atoms with Gasteiger partial charge in [0.25, 0.3) is 0 Å². The zero-order valence-corrected chi connectivity index (χ0v) is 15.0. The van der Waals surface area contributed by atoms with Gasteiger partial charge >= 0.3 is 5.97 Å². The molecule has 120 valence electrons. The highest BCUT2D eigenvalue weighted by Gasteiger charge is 2.16. The lowest BCUT2D eigenvalue weighted by Crippen LogP contribution is -2.07. The number of aromatic nitrogens is 1. The van der Waals surface area contributed by atoms with Gasteiger partial charge in [0.2, 0.25) is 5.91 Å². The maximum atomic E-state index is 11.9. The second-order valence-electron chi connectivity index (χ2n) is 4.53. The van der Waals surface area contributed by atoms with Crippen molar-refractivity contribution in [1.29, 1.82) is 0 Å². The van der Waals surface area contributed by atoms with Gasteiger partial charge in [-0.1, -0.05) is 39.4 Å². The van der Waals surface area contributed by atoms with Crippen LogP contribution in [0.25, 0.3) is 6.08 Å². The van der Waals surface area contributed by atoms with Gasteiger partial charge in [0.15, 0.2) is 5.13 Å². The molecule has 0 spiro atoms. The van der Waals surface area contributed by atoms with Gasteiger partial charge in [-0.3, -0.25) is 10.1 Å². The van der Waals surface area contributed by atoms with Gasteiger partial charge in [-0.2, -0.15) is 0 Å². The summed E-state index contributed by atoms with van der Waals surface area (Å²) in [6.07, 6.45) is 3.12. The number of anilines is 1. The third kappa shape index (κ3) is 5.01. The highest BCUT2D eigenvalue weighted by molar-refractivity contribution is 9.10. The van der Waals surface area contributed by atoms with Crippen molar-refractivity contribution < 1.29 is 14.3 Å². The fourth-order valence-corrected chi connectivity index (χ4v) is 2.86. The first-order valence-electron chi connectivity index (χ1n) is 6.88. The molecule has 0 saturated carbocycles. The van der Waals surface area contributed by atoms with Crippen LogP contribution in [-0.4, -0.2) is 23.5 Å². The van der Waals surface area contributed by atoms with Gasteiger partial charge in [-0.25, -0.2) is 9.78 Å². The Balaban J connectivity index is 2.01. The van der Waals surface area contributed by atoms with Crippen LogP contribution in [0.5, 0.6) is 0 Å². The Morgan fingerprint density at radius 2 is 2.04 bits per heavy atom. The average molecular weight is 395 g/mol. The highest BCUT2D eigenvalue weighted by Crippen LogP contribution is 2.23. The van der Waals surface area contributed by atoms with E-state index in [0.717, 1.165) is 21.4 Å². The van der Waals surface area contributed by atoms with E-state index in [1.807, 2.05) is 24.3 Å². The van der Waals surface area contributed by atoms with Crippen molar-refractivity contribution in [2.24, 2.45) is 0 Å². The predicted octanol–water partition coefficient (Wildman–Crippen LogP) is 4.04. The van der Waals surface area contributed by atoms with E-state index in [2.05, 4.69) is 26.2 Å². The van der Waals surface area contributed by atoms with Gasteiger partial charge in [-0.05, 0) is 37.6 Å². The number of nitrogens with one attached hydrogen (secondary N) is 1. The number of hydrogen-bond acceptors (Lipinski definition) is 5. The standard InChI is InChI=1S/C16H15BrN2O3S/c1-3-22-15(21)14-10(2)18-16(23-14)19-13(20)9-6-11-4-7-12(17)8-5-11/h4-9H,3H2,1-2H3,(H,18,19,20)/b9-6-. The van der Waals surface area contributed by atoms with Crippen molar-refractivity contribution in [1.82, 2.24) is 4.98 Å². The second-order valence-corrected chi connectivity index (χ2v) is 6.44. The molecule has 1 aromatic heterocycles. The van der Waals surface area contributed by atoms with Gasteiger partial charge in [0.05, 0.1) is 12.3 Å². The number of rotatable bonds is 5. The lowest BCUT2D eigenvalue weighted by atomic mass is 10.2. The SMILES string of the molecule is CCOC(=O)c1sc(NC(=O)/C=C\c2ccc(Br)cc2)nc1C. The summed E-state index contributed by atoms with van der Waals surface area (Å²) in [5.41, 5.74) is 1.45. The van der Waals surface area contributed by atoms with E-state index < -0.39 is 5.97 Å². The number of hydrogen-bond donors (Lipinski definition) is 1. The van der Waals surface area contributed by atoms with E-state index in [1.165, 1.54) is 6.08 Å². The van der Waals surface area contributed by atoms with Gasteiger partial charge < -0.3 is 4.74 Å². The number of aryl methyl sites for hydroxylation is 1. The summed E-state index contributed by atoms with van der Waals surface area (Å²) in [6.45, 7) is 3.74. The number of nitrogens with zero attached hydrogens (tertiary/aromatic N) is 1. The molecule has 0 unspecified atom stereocenters. The largest absolute Gasteiger partial charge is 0.462 e. The molecule has 1 aromatic carbocycles. The van der Waals surface area contributed by atoms with E-state index in [9.17, 15) is 9.59 Å². The maximum Gasteiger partial charge on any atom is 0.350 e. The Bertz CT molecular complexity index is 738. The molecule has 0 radical (unpaired) electrons. The zero-order chi connectivity index (χ0) is 16.8. The molecule has 0 aliphatic carbocycles. The monoisotopic (exact) mass is 394 g/mol. The van der Waals surface area contributed by atoms with Crippen LogP contribution in [0.15, 0.2) is 34.8 Å². The molecule has 23 heavy (non-hydrogen) atoms. The molecule has 0 aliphatic heterocycles. The zero-order valence-electron chi connectivity index (χ0n) is 12.6. The Morgan fingerprint density at radius 3 is 2.70 bits per heavy atom. The van der Waals surface area contributed by atoms with Crippen molar-refractivity contribution >= 4 is 50.4 Å². The van der Waals surface area contributed by atoms with Crippen LogP contribution >= 0.6 is 27.3 Å². The summed E-state index contributed by atoms with van der Waals surface area (Å²) >= 11 is 4.46. The van der Waals surface area contributed by atoms with Crippen LogP contribution in [0.1, 0.15) is 27.9 Å². The summed E-state index contributed by atoms with van der Waals surface area (Å²) in [6, 6.07) is 7.57. The van der Waals surface area contributed by atoms with Gasteiger partial charge in [0.1, 0.15) is 4.88 Å². The molecule has 1 heterocycles. The molecule has 1 amide bonds.